The summed E-state index contributed by atoms with van der Waals surface area (Å²) in [5, 5.41) is 2.25. The van der Waals surface area contributed by atoms with Crippen molar-refractivity contribution >= 4 is 22.1 Å². The Morgan fingerprint density at radius 3 is 2.73 bits per heavy atom. The summed E-state index contributed by atoms with van der Waals surface area (Å²) in [4.78, 5) is 4.38. The normalized spacial score (nSPS) is 11.3. The molecule has 0 radical (unpaired) electrons. The SMILES string of the molecule is Cc1ccc2oc3nc(C)ccc3c2c1. The lowest BCUT2D eigenvalue weighted by atomic mass is 10.1. The Kier molecular flexibility index (Phi) is 1.60. The highest BCUT2D eigenvalue weighted by Crippen LogP contribution is 2.28. The lowest BCUT2D eigenvalue weighted by Gasteiger charge is -1.91. The molecule has 0 N–H and O–H groups in total. The lowest BCUT2D eigenvalue weighted by molar-refractivity contribution is 0.652. The molecular formula is C13H11NO. The second kappa shape index (κ2) is 2.83. The molecule has 3 aromatic rings. The van der Waals surface area contributed by atoms with E-state index >= 15 is 0 Å². The molecule has 0 aliphatic carbocycles. The van der Waals surface area contributed by atoms with Crippen molar-refractivity contribution in [1.29, 1.82) is 0 Å². The highest BCUT2D eigenvalue weighted by Gasteiger charge is 2.07. The molecule has 1 aromatic carbocycles. The minimum absolute atomic E-state index is 0.732. The molecule has 74 valence electrons. The molecule has 0 bridgehead atoms. The average Bonchev–Trinajstić information content (AvgIpc) is 2.54. The average molecular weight is 197 g/mol. The van der Waals surface area contributed by atoms with E-state index in [1.54, 1.807) is 0 Å². The predicted molar refractivity (Wildman–Crippen MR) is 61.0 cm³/mol. The molecule has 0 fully saturated rings. The minimum Gasteiger partial charge on any atom is -0.438 e. The van der Waals surface area contributed by atoms with Crippen LogP contribution >= 0.6 is 0 Å². The summed E-state index contributed by atoms with van der Waals surface area (Å²) < 4.78 is 5.68. The van der Waals surface area contributed by atoms with Gasteiger partial charge in [0.25, 0.3) is 0 Å². The second-order valence-corrected chi connectivity index (χ2v) is 3.91. The van der Waals surface area contributed by atoms with Gasteiger partial charge in [0.05, 0.1) is 0 Å². The Morgan fingerprint density at radius 2 is 1.87 bits per heavy atom. The predicted octanol–water partition coefficient (Wildman–Crippen LogP) is 3.60. The third kappa shape index (κ3) is 1.22. The molecule has 15 heavy (non-hydrogen) atoms. The van der Waals surface area contributed by atoms with Crippen LogP contribution in [-0.4, -0.2) is 4.98 Å². The van der Waals surface area contributed by atoms with Gasteiger partial charge in [-0.2, -0.15) is 0 Å². The molecule has 2 heterocycles. The Bertz CT molecular complexity index is 652. The van der Waals surface area contributed by atoms with E-state index in [9.17, 15) is 0 Å². The summed E-state index contributed by atoms with van der Waals surface area (Å²) in [5.41, 5.74) is 3.87. The maximum Gasteiger partial charge on any atom is 0.227 e. The number of fused-ring (bicyclic) bond motifs is 3. The zero-order valence-corrected chi connectivity index (χ0v) is 8.74. The smallest absolute Gasteiger partial charge is 0.227 e. The van der Waals surface area contributed by atoms with Gasteiger partial charge in [0.2, 0.25) is 5.71 Å². The zero-order valence-electron chi connectivity index (χ0n) is 8.74. The Hall–Kier alpha value is -1.83. The van der Waals surface area contributed by atoms with Gasteiger partial charge in [0.1, 0.15) is 5.58 Å². The van der Waals surface area contributed by atoms with E-state index in [1.807, 2.05) is 19.1 Å². The molecule has 2 nitrogen and oxygen atoms in total. The molecule has 0 unspecified atom stereocenters. The zero-order chi connectivity index (χ0) is 10.4. The van der Waals surface area contributed by atoms with Gasteiger partial charge in [0.15, 0.2) is 0 Å². The van der Waals surface area contributed by atoms with Crippen molar-refractivity contribution in [2.24, 2.45) is 0 Å². The van der Waals surface area contributed by atoms with Crippen LogP contribution in [-0.2, 0) is 0 Å². The summed E-state index contributed by atoms with van der Waals surface area (Å²) >= 11 is 0. The van der Waals surface area contributed by atoms with Crippen LogP contribution in [0.15, 0.2) is 34.7 Å². The number of aromatic nitrogens is 1. The molecule has 0 aliphatic rings. The number of benzene rings is 1. The van der Waals surface area contributed by atoms with Crippen LogP contribution in [0, 0.1) is 13.8 Å². The second-order valence-electron chi connectivity index (χ2n) is 3.91. The van der Waals surface area contributed by atoms with E-state index < -0.39 is 0 Å². The fraction of sp³-hybridized carbons (Fsp3) is 0.154. The fourth-order valence-electron chi connectivity index (χ4n) is 1.86. The van der Waals surface area contributed by atoms with Crippen molar-refractivity contribution in [2.75, 3.05) is 0 Å². The van der Waals surface area contributed by atoms with Crippen LogP contribution in [0.25, 0.3) is 22.1 Å². The first-order valence-corrected chi connectivity index (χ1v) is 5.00. The monoisotopic (exact) mass is 197 g/mol. The minimum atomic E-state index is 0.732. The molecule has 0 spiro atoms. The number of pyridine rings is 1. The standard InChI is InChI=1S/C13H11NO/c1-8-3-6-12-11(7-8)10-5-4-9(2)14-13(10)15-12/h3-7H,1-2H3. The van der Waals surface area contributed by atoms with E-state index in [0.29, 0.717) is 0 Å². The Balaban J connectivity index is 2.53. The van der Waals surface area contributed by atoms with Crippen molar-refractivity contribution in [2.45, 2.75) is 13.8 Å². The molecule has 0 amide bonds. The summed E-state index contributed by atoms with van der Waals surface area (Å²) in [6.45, 7) is 4.05. The summed E-state index contributed by atoms with van der Waals surface area (Å²) in [6, 6.07) is 10.3. The van der Waals surface area contributed by atoms with Crippen molar-refractivity contribution in [3.05, 3.63) is 41.6 Å². The van der Waals surface area contributed by atoms with Gasteiger partial charge in [-0.1, -0.05) is 11.6 Å². The summed E-state index contributed by atoms with van der Waals surface area (Å²) in [6.07, 6.45) is 0. The maximum absolute atomic E-state index is 5.68. The van der Waals surface area contributed by atoms with E-state index in [2.05, 4.69) is 30.1 Å². The molecule has 2 heteroatoms. The first-order chi connectivity index (χ1) is 7.24. The van der Waals surface area contributed by atoms with Gasteiger partial charge in [-0.05, 0) is 38.1 Å². The summed E-state index contributed by atoms with van der Waals surface area (Å²) in [5.74, 6) is 0. The number of hydrogen-bond donors (Lipinski definition) is 0. The molecular weight excluding hydrogens is 186 g/mol. The first-order valence-electron chi connectivity index (χ1n) is 5.00. The number of furan rings is 1. The summed E-state index contributed by atoms with van der Waals surface area (Å²) in [7, 11) is 0. The van der Waals surface area contributed by atoms with Gasteiger partial charge in [-0.15, -0.1) is 0 Å². The molecule has 3 rings (SSSR count). The van der Waals surface area contributed by atoms with E-state index in [0.717, 1.165) is 27.8 Å². The first kappa shape index (κ1) is 8.48. The maximum atomic E-state index is 5.68. The number of hydrogen-bond acceptors (Lipinski definition) is 2. The van der Waals surface area contributed by atoms with Gasteiger partial charge in [0, 0.05) is 16.5 Å². The topological polar surface area (TPSA) is 26.0 Å². The van der Waals surface area contributed by atoms with E-state index in [1.165, 1.54) is 5.56 Å². The highest BCUT2D eigenvalue weighted by atomic mass is 16.3. The van der Waals surface area contributed by atoms with Crippen molar-refractivity contribution in [3.8, 4) is 0 Å². The van der Waals surface area contributed by atoms with Crippen molar-refractivity contribution in [3.63, 3.8) is 0 Å². The Morgan fingerprint density at radius 1 is 1.00 bits per heavy atom. The number of aryl methyl sites for hydroxylation is 2. The third-order valence-corrected chi connectivity index (χ3v) is 2.63. The lowest BCUT2D eigenvalue weighted by Crippen LogP contribution is -1.77. The van der Waals surface area contributed by atoms with Gasteiger partial charge < -0.3 is 4.42 Å². The molecule has 0 saturated carbocycles. The van der Waals surface area contributed by atoms with Gasteiger partial charge in [-0.25, -0.2) is 4.98 Å². The largest absolute Gasteiger partial charge is 0.438 e. The molecule has 0 atom stereocenters. The van der Waals surface area contributed by atoms with Crippen molar-refractivity contribution < 1.29 is 4.42 Å². The fourth-order valence-corrected chi connectivity index (χ4v) is 1.86. The van der Waals surface area contributed by atoms with Crippen LogP contribution in [0.2, 0.25) is 0 Å². The number of nitrogens with zero attached hydrogens (tertiary/aromatic N) is 1. The molecule has 0 saturated heterocycles. The van der Waals surface area contributed by atoms with Crippen LogP contribution < -0.4 is 0 Å². The van der Waals surface area contributed by atoms with E-state index in [-0.39, 0.29) is 0 Å². The van der Waals surface area contributed by atoms with Gasteiger partial charge >= 0.3 is 0 Å². The van der Waals surface area contributed by atoms with Gasteiger partial charge in [-0.3, -0.25) is 0 Å². The molecule has 0 aliphatic heterocycles. The van der Waals surface area contributed by atoms with Crippen LogP contribution in [0.5, 0.6) is 0 Å². The number of rotatable bonds is 0. The Labute approximate surface area is 87.5 Å². The van der Waals surface area contributed by atoms with Crippen molar-refractivity contribution in [1.82, 2.24) is 4.98 Å². The highest BCUT2D eigenvalue weighted by molar-refractivity contribution is 6.03. The third-order valence-electron chi connectivity index (χ3n) is 2.63. The quantitative estimate of drug-likeness (QED) is 0.550. The van der Waals surface area contributed by atoms with Crippen LogP contribution in [0.1, 0.15) is 11.3 Å². The molecule has 2 aromatic heterocycles. The van der Waals surface area contributed by atoms with Crippen LogP contribution in [0.3, 0.4) is 0 Å². The van der Waals surface area contributed by atoms with Crippen LogP contribution in [0.4, 0.5) is 0 Å². The van der Waals surface area contributed by atoms with E-state index in [4.69, 9.17) is 4.42 Å².